The van der Waals surface area contributed by atoms with Gasteiger partial charge >= 0.3 is 5.69 Å². The zero-order valence-corrected chi connectivity index (χ0v) is 15.3. The van der Waals surface area contributed by atoms with Gasteiger partial charge in [-0.1, -0.05) is 0 Å². The number of hydrogen-bond acceptors (Lipinski definition) is 4. The van der Waals surface area contributed by atoms with Crippen LogP contribution in [0.2, 0.25) is 0 Å². The molecule has 4 aromatic rings. The van der Waals surface area contributed by atoms with Gasteiger partial charge in [0, 0.05) is 31.2 Å². The van der Waals surface area contributed by atoms with Gasteiger partial charge in [0.15, 0.2) is 11.2 Å². The van der Waals surface area contributed by atoms with Crippen molar-refractivity contribution in [2.45, 2.75) is 13.8 Å². The Labute approximate surface area is 148 Å². The smallest absolute Gasteiger partial charge is 0.332 e. The third-order valence-corrected chi connectivity index (χ3v) is 4.97. The Kier molecular flexibility index (Phi) is 3.33. The lowest BCUT2D eigenvalue weighted by atomic mass is 10.3. The van der Waals surface area contributed by atoms with E-state index < -0.39 is 5.69 Å². The second-order valence-corrected chi connectivity index (χ2v) is 6.33. The predicted molar refractivity (Wildman–Crippen MR) is 98.5 cm³/mol. The zero-order valence-electron chi connectivity index (χ0n) is 15.3. The summed E-state index contributed by atoms with van der Waals surface area (Å²) in [5.41, 5.74) is 2.79. The summed E-state index contributed by atoms with van der Waals surface area (Å²) in [6.07, 6.45) is 0. The number of aryl methyl sites for hydroxylation is 2. The van der Waals surface area contributed by atoms with Crippen LogP contribution < -0.4 is 16.0 Å². The maximum Gasteiger partial charge on any atom is 0.332 e. The standard InChI is InChI=1S/C18H19N5O3/c1-10-11(2)23-14-15(20(3)18(25)21(4)16(14)24)19-17(23)22(10)12-6-8-13(26-5)9-7-12/h6-9H,1-5H3. The molecule has 0 spiro atoms. The van der Waals surface area contributed by atoms with Crippen LogP contribution in [0, 0.1) is 13.8 Å². The van der Waals surface area contributed by atoms with Gasteiger partial charge in [0.2, 0.25) is 5.78 Å². The van der Waals surface area contributed by atoms with E-state index in [2.05, 4.69) is 4.98 Å². The topological polar surface area (TPSA) is 75.5 Å². The van der Waals surface area contributed by atoms with Gasteiger partial charge in [-0.05, 0) is 38.1 Å². The highest BCUT2D eigenvalue weighted by atomic mass is 16.5. The monoisotopic (exact) mass is 353 g/mol. The van der Waals surface area contributed by atoms with E-state index >= 15 is 0 Å². The summed E-state index contributed by atoms with van der Waals surface area (Å²) >= 11 is 0. The zero-order chi connectivity index (χ0) is 18.7. The SMILES string of the molecule is COc1ccc(-n2c(C)c(C)n3c4c(=O)n(C)c(=O)n(C)c4nc23)cc1. The number of hydrogen-bond donors (Lipinski definition) is 0. The number of ether oxygens (including phenoxy) is 1. The molecule has 3 aromatic heterocycles. The van der Waals surface area contributed by atoms with Crippen LogP contribution in [0.5, 0.6) is 5.75 Å². The van der Waals surface area contributed by atoms with E-state index in [0.717, 1.165) is 27.4 Å². The van der Waals surface area contributed by atoms with E-state index in [9.17, 15) is 9.59 Å². The molecule has 134 valence electrons. The Bertz CT molecular complexity index is 1290. The van der Waals surface area contributed by atoms with Crippen LogP contribution in [0.4, 0.5) is 0 Å². The van der Waals surface area contributed by atoms with Crippen molar-refractivity contribution < 1.29 is 4.74 Å². The molecule has 1 aromatic carbocycles. The van der Waals surface area contributed by atoms with Gasteiger partial charge in [-0.15, -0.1) is 0 Å². The second kappa shape index (κ2) is 5.35. The Balaban J connectivity index is 2.18. The Morgan fingerprint density at radius 1 is 0.962 bits per heavy atom. The van der Waals surface area contributed by atoms with Crippen molar-refractivity contribution in [2.75, 3.05) is 7.11 Å². The number of benzene rings is 1. The second-order valence-electron chi connectivity index (χ2n) is 6.33. The van der Waals surface area contributed by atoms with Crippen LogP contribution in [0.25, 0.3) is 22.6 Å². The molecule has 0 amide bonds. The van der Waals surface area contributed by atoms with E-state index in [1.54, 1.807) is 14.2 Å². The van der Waals surface area contributed by atoms with Crippen LogP contribution in [0.15, 0.2) is 33.9 Å². The third-order valence-electron chi connectivity index (χ3n) is 4.97. The van der Waals surface area contributed by atoms with Gasteiger partial charge in [-0.25, -0.2) is 4.79 Å². The summed E-state index contributed by atoms with van der Waals surface area (Å²) in [4.78, 5) is 29.6. The molecule has 0 fully saturated rings. The van der Waals surface area contributed by atoms with Crippen molar-refractivity contribution in [3.8, 4) is 11.4 Å². The molecular formula is C18H19N5O3. The minimum absolute atomic E-state index is 0.356. The highest BCUT2D eigenvalue weighted by Gasteiger charge is 2.22. The first kappa shape index (κ1) is 16.2. The molecule has 0 radical (unpaired) electrons. The van der Waals surface area contributed by atoms with Gasteiger partial charge < -0.3 is 4.74 Å². The first-order chi connectivity index (χ1) is 12.4. The van der Waals surface area contributed by atoms with Crippen molar-refractivity contribution in [1.29, 1.82) is 0 Å². The minimum atomic E-state index is -0.395. The summed E-state index contributed by atoms with van der Waals surface area (Å²) < 4.78 is 11.5. The molecule has 3 heterocycles. The number of fused-ring (bicyclic) bond motifs is 3. The van der Waals surface area contributed by atoms with Crippen LogP contribution in [0.1, 0.15) is 11.4 Å². The first-order valence-electron chi connectivity index (χ1n) is 8.17. The molecule has 8 heteroatoms. The lowest BCUT2D eigenvalue weighted by Gasteiger charge is -2.07. The number of nitrogens with zero attached hydrogens (tertiary/aromatic N) is 5. The minimum Gasteiger partial charge on any atom is -0.497 e. The molecule has 0 atom stereocenters. The summed E-state index contributed by atoms with van der Waals surface area (Å²) in [7, 11) is 4.72. The molecule has 0 N–H and O–H groups in total. The molecule has 4 rings (SSSR count). The summed E-state index contributed by atoms with van der Waals surface area (Å²) in [6, 6.07) is 7.61. The average molecular weight is 353 g/mol. The number of rotatable bonds is 2. The fraction of sp³-hybridized carbons (Fsp3) is 0.278. The summed E-state index contributed by atoms with van der Waals surface area (Å²) in [6.45, 7) is 3.92. The molecule has 26 heavy (non-hydrogen) atoms. The number of imidazole rings is 2. The highest BCUT2D eigenvalue weighted by molar-refractivity contribution is 5.77. The van der Waals surface area contributed by atoms with Gasteiger partial charge in [-0.2, -0.15) is 4.98 Å². The molecule has 0 aliphatic heterocycles. The molecule has 8 nitrogen and oxygen atoms in total. The van der Waals surface area contributed by atoms with E-state index in [1.807, 2.05) is 47.1 Å². The van der Waals surface area contributed by atoms with Crippen LogP contribution >= 0.6 is 0 Å². The average Bonchev–Trinajstić information content (AvgIpc) is 3.14. The Morgan fingerprint density at radius 2 is 1.62 bits per heavy atom. The first-order valence-corrected chi connectivity index (χ1v) is 8.17. The van der Waals surface area contributed by atoms with E-state index in [4.69, 9.17) is 4.74 Å². The predicted octanol–water partition coefficient (Wildman–Crippen LogP) is 1.30. The van der Waals surface area contributed by atoms with Crippen LogP contribution in [-0.2, 0) is 14.1 Å². The van der Waals surface area contributed by atoms with Crippen molar-refractivity contribution in [1.82, 2.24) is 23.1 Å². The van der Waals surface area contributed by atoms with Gasteiger partial charge in [0.25, 0.3) is 5.56 Å². The maximum absolute atomic E-state index is 12.7. The molecule has 0 bridgehead atoms. The fourth-order valence-electron chi connectivity index (χ4n) is 3.37. The summed E-state index contributed by atoms with van der Waals surface area (Å²) in [5.74, 6) is 1.36. The van der Waals surface area contributed by atoms with E-state index in [1.165, 1.54) is 11.6 Å². The van der Waals surface area contributed by atoms with Gasteiger partial charge in [0.1, 0.15) is 5.75 Å². The van der Waals surface area contributed by atoms with Crippen molar-refractivity contribution in [3.63, 3.8) is 0 Å². The molecule has 0 aliphatic carbocycles. The highest BCUT2D eigenvalue weighted by Crippen LogP contribution is 2.25. The largest absolute Gasteiger partial charge is 0.497 e. The molecule has 0 saturated carbocycles. The van der Waals surface area contributed by atoms with Crippen LogP contribution in [0.3, 0.4) is 0 Å². The number of aromatic nitrogens is 5. The van der Waals surface area contributed by atoms with Crippen molar-refractivity contribution in [2.24, 2.45) is 14.1 Å². The lowest BCUT2D eigenvalue weighted by molar-refractivity contribution is 0.415. The molecule has 0 saturated heterocycles. The van der Waals surface area contributed by atoms with E-state index in [-0.39, 0.29) is 5.56 Å². The van der Waals surface area contributed by atoms with Gasteiger partial charge in [-0.3, -0.25) is 22.9 Å². The normalized spacial score (nSPS) is 11.6. The summed E-state index contributed by atoms with van der Waals surface area (Å²) in [5, 5.41) is 0. The van der Waals surface area contributed by atoms with Gasteiger partial charge in [0.05, 0.1) is 7.11 Å². The lowest BCUT2D eigenvalue weighted by Crippen LogP contribution is -2.37. The quantitative estimate of drug-likeness (QED) is 0.544. The van der Waals surface area contributed by atoms with Crippen molar-refractivity contribution >= 4 is 16.9 Å². The molecule has 0 aliphatic rings. The van der Waals surface area contributed by atoms with Crippen molar-refractivity contribution in [3.05, 3.63) is 56.5 Å². The fourth-order valence-corrected chi connectivity index (χ4v) is 3.37. The Hall–Kier alpha value is -3.29. The molecular weight excluding hydrogens is 334 g/mol. The number of methoxy groups -OCH3 is 1. The van der Waals surface area contributed by atoms with Crippen LogP contribution in [-0.4, -0.2) is 30.2 Å². The Morgan fingerprint density at radius 3 is 2.23 bits per heavy atom. The van der Waals surface area contributed by atoms with E-state index in [0.29, 0.717) is 16.9 Å². The molecule has 0 unspecified atom stereocenters. The maximum atomic E-state index is 12.7. The third kappa shape index (κ3) is 1.92.